The average Bonchev–Trinajstić information content (AvgIpc) is 3.11. The summed E-state index contributed by atoms with van der Waals surface area (Å²) in [6.07, 6.45) is 1.47. The number of hydrogen-bond acceptors (Lipinski definition) is 7. The molecule has 128 valence electrons. The predicted octanol–water partition coefficient (Wildman–Crippen LogP) is 1.14. The lowest BCUT2D eigenvalue weighted by atomic mass is 10.1. The summed E-state index contributed by atoms with van der Waals surface area (Å²) >= 11 is 1.52. The Kier molecular flexibility index (Phi) is 4.68. The lowest BCUT2D eigenvalue weighted by molar-refractivity contribution is -0.129. The zero-order valence-electron chi connectivity index (χ0n) is 13.8. The number of rotatable bonds is 5. The van der Waals surface area contributed by atoms with Crippen LogP contribution in [0.15, 0.2) is 29.9 Å². The van der Waals surface area contributed by atoms with Crippen LogP contribution in [-0.4, -0.2) is 59.1 Å². The molecule has 1 saturated heterocycles. The molecular formula is C16H21N5O2S. The van der Waals surface area contributed by atoms with E-state index in [1.54, 1.807) is 18.9 Å². The summed E-state index contributed by atoms with van der Waals surface area (Å²) < 4.78 is 0. The molecular weight excluding hydrogens is 326 g/mol. The number of aliphatic hydroxyl groups is 1. The van der Waals surface area contributed by atoms with Gasteiger partial charge in [-0.15, -0.1) is 11.3 Å². The summed E-state index contributed by atoms with van der Waals surface area (Å²) in [5.41, 5.74) is -0.969. The highest BCUT2D eigenvalue weighted by Gasteiger charge is 2.25. The number of likely N-dealkylation sites (N-methyl/N-ethyl adjacent to an activating group) is 1. The van der Waals surface area contributed by atoms with Crippen LogP contribution in [0.3, 0.4) is 0 Å². The molecule has 0 spiro atoms. The smallest absolute Gasteiger partial charge is 0.241 e. The average molecular weight is 347 g/mol. The van der Waals surface area contributed by atoms with Gasteiger partial charge in [-0.2, -0.15) is 0 Å². The van der Waals surface area contributed by atoms with E-state index < -0.39 is 5.60 Å². The van der Waals surface area contributed by atoms with E-state index in [4.69, 9.17) is 0 Å². The first-order chi connectivity index (χ1) is 11.5. The van der Waals surface area contributed by atoms with Crippen molar-refractivity contribution in [3.8, 4) is 0 Å². The highest BCUT2D eigenvalue weighted by atomic mass is 32.1. The Morgan fingerprint density at radius 2 is 2.25 bits per heavy atom. The van der Waals surface area contributed by atoms with Crippen molar-refractivity contribution in [1.82, 2.24) is 14.9 Å². The van der Waals surface area contributed by atoms with Crippen LogP contribution < -0.4 is 10.2 Å². The van der Waals surface area contributed by atoms with E-state index >= 15 is 0 Å². The van der Waals surface area contributed by atoms with Gasteiger partial charge in [-0.05, 0) is 18.4 Å². The maximum absolute atomic E-state index is 11.8. The quantitative estimate of drug-likeness (QED) is 0.844. The van der Waals surface area contributed by atoms with Crippen LogP contribution >= 0.6 is 11.3 Å². The molecule has 24 heavy (non-hydrogen) atoms. The summed E-state index contributed by atoms with van der Waals surface area (Å²) in [5.74, 6) is 1.42. The molecule has 2 aromatic heterocycles. The molecule has 8 heteroatoms. The van der Waals surface area contributed by atoms with Gasteiger partial charge in [0.1, 0.15) is 23.6 Å². The zero-order valence-corrected chi connectivity index (χ0v) is 14.6. The Balaban J connectivity index is 1.66. The normalized spacial score (nSPS) is 17.7. The molecule has 0 bridgehead atoms. The largest absolute Gasteiger partial charge is 0.383 e. The fraction of sp³-hybridized carbons (Fsp3) is 0.438. The van der Waals surface area contributed by atoms with Gasteiger partial charge in [0.25, 0.3) is 0 Å². The number of carbonyl (C=O) groups is 1. The van der Waals surface area contributed by atoms with E-state index in [2.05, 4.69) is 15.3 Å². The van der Waals surface area contributed by atoms with Crippen molar-refractivity contribution in [3.63, 3.8) is 0 Å². The molecule has 1 unspecified atom stereocenters. The number of amides is 1. The lowest BCUT2D eigenvalue weighted by Gasteiger charge is -2.32. The number of nitrogens with zero attached hydrogens (tertiary/aromatic N) is 4. The highest BCUT2D eigenvalue weighted by Crippen LogP contribution is 2.26. The van der Waals surface area contributed by atoms with Crippen molar-refractivity contribution < 1.29 is 9.90 Å². The molecule has 2 aromatic rings. The van der Waals surface area contributed by atoms with Gasteiger partial charge in [0.2, 0.25) is 5.91 Å². The van der Waals surface area contributed by atoms with Crippen molar-refractivity contribution in [2.45, 2.75) is 12.5 Å². The van der Waals surface area contributed by atoms with Crippen LogP contribution in [0.2, 0.25) is 0 Å². The molecule has 0 saturated carbocycles. The number of carbonyl (C=O) groups excluding carboxylic acids is 1. The maximum atomic E-state index is 11.8. The minimum absolute atomic E-state index is 0.0787. The molecule has 0 aliphatic carbocycles. The van der Waals surface area contributed by atoms with Crippen LogP contribution in [0.25, 0.3) is 0 Å². The van der Waals surface area contributed by atoms with Crippen molar-refractivity contribution in [2.75, 3.05) is 43.4 Å². The lowest BCUT2D eigenvalue weighted by Crippen LogP contribution is -2.48. The van der Waals surface area contributed by atoms with Crippen molar-refractivity contribution in [3.05, 3.63) is 34.8 Å². The van der Waals surface area contributed by atoms with Gasteiger partial charge in [0, 0.05) is 37.6 Å². The third kappa shape index (κ3) is 3.65. The summed E-state index contributed by atoms with van der Waals surface area (Å²) in [6.45, 7) is 3.85. The van der Waals surface area contributed by atoms with Crippen molar-refractivity contribution >= 4 is 28.9 Å². The molecule has 3 rings (SSSR count). The number of piperazine rings is 1. The summed E-state index contributed by atoms with van der Waals surface area (Å²) in [6, 6.07) is 5.64. The molecule has 3 heterocycles. The molecule has 0 radical (unpaired) electrons. The molecule has 1 amide bonds. The number of hydrogen-bond donors (Lipinski definition) is 2. The van der Waals surface area contributed by atoms with Gasteiger partial charge in [-0.3, -0.25) is 4.79 Å². The second-order valence-corrected chi connectivity index (χ2v) is 7.05. The van der Waals surface area contributed by atoms with E-state index in [0.29, 0.717) is 31.3 Å². The molecule has 1 aliphatic heterocycles. The van der Waals surface area contributed by atoms with Gasteiger partial charge in [0.15, 0.2) is 0 Å². The Bertz CT molecular complexity index is 704. The molecule has 0 aromatic carbocycles. The van der Waals surface area contributed by atoms with Gasteiger partial charge >= 0.3 is 0 Å². The van der Waals surface area contributed by atoms with E-state index in [-0.39, 0.29) is 5.91 Å². The van der Waals surface area contributed by atoms with Gasteiger partial charge in [0.05, 0.1) is 6.54 Å². The van der Waals surface area contributed by atoms with Crippen LogP contribution in [0.4, 0.5) is 11.6 Å². The summed E-state index contributed by atoms with van der Waals surface area (Å²) in [5, 5.41) is 15.7. The Hall–Kier alpha value is -2.19. The number of anilines is 2. The molecule has 2 N–H and O–H groups in total. The first-order valence-corrected chi connectivity index (χ1v) is 8.65. The van der Waals surface area contributed by atoms with Crippen LogP contribution in [0.1, 0.15) is 11.8 Å². The third-order valence-electron chi connectivity index (χ3n) is 4.10. The van der Waals surface area contributed by atoms with Crippen LogP contribution in [0.5, 0.6) is 0 Å². The van der Waals surface area contributed by atoms with Gasteiger partial charge in [-0.1, -0.05) is 6.07 Å². The summed E-state index contributed by atoms with van der Waals surface area (Å²) in [7, 11) is 1.80. The van der Waals surface area contributed by atoms with Crippen molar-refractivity contribution in [2.24, 2.45) is 0 Å². The van der Waals surface area contributed by atoms with E-state index in [9.17, 15) is 9.90 Å². The third-order valence-corrected chi connectivity index (χ3v) is 5.22. The second kappa shape index (κ2) is 6.74. The second-order valence-electron chi connectivity index (χ2n) is 6.10. The SMILES string of the molecule is CN1CCN(c2cc(NCC(C)(O)c3cccs3)ncn2)CC1=O. The zero-order chi connectivity index (χ0) is 17.2. The molecule has 1 atom stereocenters. The topological polar surface area (TPSA) is 81.6 Å². The van der Waals surface area contributed by atoms with E-state index in [0.717, 1.165) is 11.4 Å². The van der Waals surface area contributed by atoms with E-state index in [1.165, 1.54) is 17.7 Å². The Labute approximate surface area is 145 Å². The molecule has 1 fully saturated rings. The first-order valence-electron chi connectivity index (χ1n) is 7.77. The number of aromatic nitrogens is 2. The Morgan fingerprint density at radius 1 is 1.42 bits per heavy atom. The molecule has 7 nitrogen and oxygen atoms in total. The maximum Gasteiger partial charge on any atom is 0.241 e. The minimum Gasteiger partial charge on any atom is -0.383 e. The fourth-order valence-corrected chi connectivity index (χ4v) is 3.29. The molecule has 1 aliphatic rings. The van der Waals surface area contributed by atoms with Crippen LogP contribution in [0, 0.1) is 0 Å². The monoisotopic (exact) mass is 347 g/mol. The minimum atomic E-state index is -0.969. The predicted molar refractivity (Wildman–Crippen MR) is 94.3 cm³/mol. The highest BCUT2D eigenvalue weighted by molar-refractivity contribution is 7.10. The number of nitrogens with one attached hydrogen (secondary N) is 1. The summed E-state index contributed by atoms with van der Waals surface area (Å²) in [4.78, 5) is 24.9. The van der Waals surface area contributed by atoms with Gasteiger partial charge < -0.3 is 20.2 Å². The fourth-order valence-electron chi connectivity index (χ4n) is 2.51. The Morgan fingerprint density at radius 3 is 2.96 bits per heavy atom. The van der Waals surface area contributed by atoms with Crippen molar-refractivity contribution in [1.29, 1.82) is 0 Å². The van der Waals surface area contributed by atoms with E-state index in [1.807, 2.05) is 28.5 Å². The van der Waals surface area contributed by atoms with Crippen LogP contribution in [-0.2, 0) is 10.4 Å². The number of thiophene rings is 1. The standard InChI is InChI=1S/C16H21N5O2S/c1-16(23,12-4-3-7-24-12)10-17-13-8-14(19-11-18-13)21-6-5-20(2)15(22)9-21/h3-4,7-8,11,23H,5-6,9-10H2,1-2H3,(H,17,18,19). The first kappa shape index (κ1) is 16.7. The van der Waals surface area contributed by atoms with Gasteiger partial charge in [-0.25, -0.2) is 9.97 Å².